The third-order valence-electron chi connectivity index (χ3n) is 3.49. The smallest absolute Gasteiger partial charge is 0.230 e. The topological polar surface area (TPSA) is 54.9 Å². The van der Waals surface area contributed by atoms with Crippen molar-refractivity contribution in [2.75, 3.05) is 5.75 Å². The SMILES string of the molecule is O=C(CSc1ccc(-c2cccs2)nn1)NC1CCCC1. The molecule has 6 heteroatoms. The van der Waals surface area contributed by atoms with E-state index < -0.39 is 0 Å². The number of aromatic nitrogens is 2. The van der Waals surface area contributed by atoms with E-state index in [0.717, 1.165) is 28.4 Å². The van der Waals surface area contributed by atoms with Crippen LogP contribution in [-0.4, -0.2) is 27.9 Å². The first kappa shape index (κ1) is 14.5. The van der Waals surface area contributed by atoms with Crippen molar-refractivity contribution in [2.24, 2.45) is 0 Å². The highest BCUT2D eigenvalue weighted by molar-refractivity contribution is 7.99. The lowest BCUT2D eigenvalue weighted by Crippen LogP contribution is -2.33. The number of nitrogens with one attached hydrogen (secondary N) is 1. The number of hydrogen-bond donors (Lipinski definition) is 1. The normalized spacial score (nSPS) is 15.2. The van der Waals surface area contributed by atoms with Gasteiger partial charge in [0.1, 0.15) is 10.7 Å². The first-order chi connectivity index (χ1) is 10.3. The van der Waals surface area contributed by atoms with Gasteiger partial charge in [-0.05, 0) is 36.4 Å². The number of carbonyl (C=O) groups excluding carboxylic acids is 1. The lowest BCUT2D eigenvalue weighted by atomic mass is 10.2. The van der Waals surface area contributed by atoms with Crippen LogP contribution in [0.25, 0.3) is 10.6 Å². The Morgan fingerprint density at radius 3 is 2.81 bits per heavy atom. The maximum atomic E-state index is 11.8. The summed E-state index contributed by atoms with van der Waals surface area (Å²) in [6, 6.07) is 8.28. The van der Waals surface area contributed by atoms with Crippen molar-refractivity contribution >= 4 is 29.0 Å². The maximum Gasteiger partial charge on any atom is 0.230 e. The second-order valence-corrected chi connectivity index (χ2v) is 7.02. The summed E-state index contributed by atoms with van der Waals surface area (Å²) in [5, 5.41) is 14.3. The van der Waals surface area contributed by atoms with Gasteiger partial charge in [0.05, 0.1) is 10.6 Å². The Hall–Kier alpha value is -1.40. The van der Waals surface area contributed by atoms with Crippen LogP contribution in [0.2, 0.25) is 0 Å². The fraction of sp³-hybridized carbons (Fsp3) is 0.400. The van der Waals surface area contributed by atoms with Crippen molar-refractivity contribution in [3.05, 3.63) is 29.6 Å². The van der Waals surface area contributed by atoms with Crippen molar-refractivity contribution in [2.45, 2.75) is 36.8 Å². The Labute approximate surface area is 132 Å². The highest BCUT2D eigenvalue weighted by Gasteiger charge is 2.17. The quantitative estimate of drug-likeness (QED) is 0.859. The van der Waals surface area contributed by atoms with Crippen LogP contribution in [0.15, 0.2) is 34.7 Å². The van der Waals surface area contributed by atoms with Gasteiger partial charge < -0.3 is 5.32 Å². The Balaban J connectivity index is 1.50. The third kappa shape index (κ3) is 4.04. The van der Waals surface area contributed by atoms with Crippen molar-refractivity contribution in [1.29, 1.82) is 0 Å². The first-order valence-electron chi connectivity index (χ1n) is 7.11. The van der Waals surface area contributed by atoms with Crippen molar-refractivity contribution in [1.82, 2.24) is 15.5 Å². The van der Waals surface area contributed by atoms with Crippen molar-refractivity contribution in [3.63, 3.8) is 0 Å². The van der Waals surface area contributed by atoms with Crippen LogP contribution in [0.3, 0.4) is 0 Å². The molecule has 1 N–H and O–H groups in total. The van der Waals surface area contributed by atoms with Crippen molar-refractivity contribution < 1.29 is 4.79 Å². The molecular weight excluding hydrogens is 302 g/mol. The number of hydrogen-bond acceptors (Lipinski definition) is 5. The van der Waals surface area contributed by atoms with Gasteiger partial charge in [-0.2, -0.15) is 0 Å². The molecule has 0 aromatic carbocycles. The summed E-state index contributed by atoms with van der Waals surface area (Å²) in [6.07, 6.45) is 4.69. The van der Waals surface area contributed by atoms with Gasteiger partial charge in [-0.15, -0.1) is 21.5 Å². The lowest BCUT2D eigenvalue weighted by Gasteiger charge is -2.11. The van der Waals surface area contributed by atoms with Gasteiger partial charge in [-0.25, -0.2) is 0 Å². The maximum absolute atomic E-state index is 11.8. The molecule has 1 saturated carbocycles. The predicted molar refractivity (Wildman–Crippen MR) is 86.5 cm³/mol. The molecule has 2 aromatic rings. The molecule has 0 radical (unpaired) electrons. The molecule has 0 bridgehead atoms. The molecule has 110 valence electrons. The molecule has 1 aliphatic carbocycles. The van der Waals surface area contributed by atoms with E-state index >= 15 is 0 Å². The molecule has 21 heavy (non-hydrogen) atoms. The molecular formula is C15H17N3OS2. The molecule has 0 spiro atoms. The number of thiophene rings is 1. The predicted octanol–water partition coefficient (Wildman–Crippen LogP) is 3.36. The lowest BCUT2D eigenvalue weighted by molar-refractivity contribution is -0.119. The van der Waals surface area contributed by atoms with Crippen LogP contribution < -0.4 is 5.32 Å². The highest BCUT2D eigenvalue weighted by Crippen LogP contribution is 2.23. The minimum absolute atomic E-state index is 0.0935. The summed E-state index contributed by atoms with van der Waals surface area (Å²) in [7, 11) is 0. The first-order valence-corrected chi connectivity index (χ1v) is 8.97. The summed E-state index contributed by atoms with van der Waals surface area (Å²) in [4.78, 5) is 13.0. The number of carbonyl (C=O) groups is 1. The van der Waals surface area contributed by atoms with E-state index in [4.69, 9.17) is 0 Å². The second-order valence-electron chi connectivity index (χ2n) is 5.07. The van der Waals surface area contributed by atoms with E-state index in [9.17, 15) is 4.79 Å². The molecule has 1 amide bonds. The van der Waals surface area contributed by atoms with Crippen LogP contribution in [-0.2, 0) is 4.79 Å². The van der Waals surface area contributed by atoms with E-state index in [0.29, 0.717) is 11.8 Å². The summed E-state index contributed by atoms with van der Waals surface area (Å²) >= 11 is 3.08. The largest absolute Gasteiger partial charge is 0.353 e. The molecule has 2 heterocycles. The van der Waals surface area contributed by atoms with Crippen LogP contribution in [0.4, 0.5) is 0 Å². The molecule has 3 rings (SSSR count). The molecule has 0 unspecified atom stereocenters. The van der Waals surface area contributed by atoms with Crippen molar-refractivity contribution in [3.8, 4) is 10.6 Å². The zero-order valence-corrected chi connectivity index (χ0v) is 13.3. The zero-order chi connectivity index (χ0) is 14.5. The minimum atomic E-state index is 0.0935. The molecule has 2 aromatic heterocycles. The molecule has 1 fully saturated rings. The molecule has 0 aliphatic heterocycles. The standard InChI is InChI=1S/C15H17N3OS2/c19-14(16-11-4-1-2-5-11)10-21-15-8-7-12(17-18-15)13-6-3-9-20-13/h3,6-9,11H,1-2,4-5,10H2,(H,16,19). The number of nitrogens with zero attached hydrogens (tertiary/aromatic N) is 2. The van der Waals surface area contributed by atoms with Gasteiger partial charge in [-0.1, -0.05) is 30.7 Å². The molecule has 0 atom stereocenters. The fourth-order valence-corrected chi connectivity index (χ4v) is 3.75. The number of rotatable bonds is 5. The summed E-state index contributed by atoms with van der Waals surface area (Å²) in [6.45, 7) is 0. The third-order valence-corrected chi connectivity index (χ3v) is 5.30. The zero-order valence-electron chi connectivity index (χ0n) is 11.6. The Kier molecular flexibility index (Phi) is 4.87. The monoisotopic (exact) mass is 319 g/mol. The van der Waals surface area contributed by atoms with Gasteiger partial charge in [0, 0.05) is 6.04 Å². The number of amides is 1. The Morgan fingerprint density at radius 1 is 1.29 bits per heavy atom. The van der Waals surface area contributed by atoms with E-state index in [1.807, 2.05) is 29.6 Å². The van der Waals surface area contributed by atoms with E-state index in [-0.39, 0.29) is 5.91 Å². The average Bonchev–Trinajstić information content (AvgIpc) is 3.19. The summed E-state index contributed by atoms with van der Waals surface area (Å²) in [5.41, 5.74) is 0.879. The number of thioether (sulfide) groups is 1. The fourth-order valence-electron chi connectivity index (χ4n) is 2.43. The minimum Gasteiger partial charge on any atom is -0.353 e. The van der Waals surface area contributed by atoms with Crippen LogP contribution in [0.1, 0.15) is 25.7 Å². The molecule has 4 nitrogen and oxygen atoms in total. The van der Waals surface area contributed by atoms with Gasteiger partial charge in [0.2, 0.25) is 5.91 Å². The Bertz CT molecular complexity index is 577. The van der Waals surface area contributed by atoms with Gasteiger partial charge >= 0.3 is 0 Å². The van der Waals surface area contributed by atoms with Gasteiger partial charge in [-0.3, -0.25) is 4.79 Å². The van der Waals surface area contributed by atoms with Gasteiger partial charge in [0.25, 0.3) is 0 Å². The van der Waals surface area contributed by atoms with Crippen LogP contribution in [0.5, 0.6) is 0 Å². The summed E-state index contributed by atoms with van der Waals surface area (Å²) < 4.78 is 0. The molecule has 0 saturated heterocycles. The Morgan fingerprint density at radius 2 is 2.14 bits per heavy atom. The van der Waals surface area contributed by atoms with E-state index in [1.165, 1.54) is 24.6 Å². The second kappa shape index (κ2) is 7.04. The van der Waals surface area contributed by atoms with E-state index in [1.54, 1.807) is 11.3 Å². The van der Waals surface area contributed by atoms with Crippen LogP contribution in [0, 0.1) is 0 Å². The summed E-state index contributed by atoms with van der Waals surface area (Å²) in [5.74, 6) is 0.500. The average molecular weight is 319 g/mol. The van der Waals surface area contributed by atoms with E-state index in [2.05, 4.69) is 15.5 Å². The molecule has 1 aliphatic rings. The van der Waals surface area contributed by atoms with Crippen LogP contribution >= 0.6 is 23.1 Å². The highest BCUT2D eigenvalue weighted by atomic mass is 32.2. The van der Waals surface area contributed by atoms with Gasteiger partial charge in [0.15, 0.2) is 0 Å².